The molecule has 3 aromatic rings. The van der Waals surface area contributed by atoms with Gasteiger partial charge in [-0.1, -0.05) is 12.1 Å². The summed E-state index contributed by atoms with van der Waals surface area (Å²) in [6.45, 7) is 3.87. The van der Waals surface area contributed by atoms with Gasteiger partial charge < -0.3 is 13.9 Å². The summed E-state index contributed by atoms with van der Waals surface area (Å²) in [7, 11) is 1.57. The van der Waals surface area contributed by atoms with Crippen molar-refractivity contribution in [2.45, 2.75) is 20.5 Å². The summed E-state index contributed by atoms with van der Waals surface area (Å²) in [5, 5.41) is 0. The van der Waals surface area contributed by atoms with E-state index in [1.165, 1.54) is 0 Å². The molecule has 140 valence electrons. The van der Waals surface area contributed by atoms with Crippen LogP contribution in [0.15, 0.2) is 46.9 Å². The van der Waals surface area contributed by atoms with Crippen molar-refractivity contribution in [3.05, 3.63) is 65.4 Å². The van der Waals surface area contributed by atoms with Gasteiger partial charge in [0, 0.05) is 11.4 Å². The van der Waals surface area contributed by atoms with Gasteiger partial charge in [-0.15, -0.1) is 0 Å². The summed E-state index contributed by atoms with van der Waals surface area (Å²) in [5.41, 5.74) is 6.78. The first-order chi connectivity index (χ1) is 13.0. The quantitative estimate of drug-likeness (QED) is 0.619. The SMILES string of the molecule is COc1ccccc1OCc1ccc(C(=O)NNc2nc(C)cc(C)n2)o1. The van der Waals surface area contributed by atoms with E-state index in [4.69, 9.17) is 13.9 Å². The van der Waals surface area contributed by atoms with E-state index in [0.717, 1.165) is 11.4 Å². The minimum Gasteiger partial charge on any atom is -0.493 e. The van der Waals surface area contributed by atoms with Gasteiger partial charge in [0.15, 0.2) is 17.3 Å². The Hall–Kier alpha value is -3.55. The maximum Gasteiger partial charge on any atom is 0.305 e. The lowest BCUT2D eigenvalue weighted by Crippen LogP contribution is -2.30. The number of carbonyl (C=O) groups is 1. The number of hydrogen-bond donors (Lipinski definition) is 2. The fraction of sp³-hybridized carbons (Fsp3) is 0.211. The Balaban J connectivity index is 1.57. The Labute approximate surface area is 156 Å². The summed E-state index contributed by atoms with van der Waals surface area (Å²) < 4.78 is 16.4. The Bertz CT molecular complexity index is 919. The zero-order chi connectivity index (χ0) is 19.2. The van der Waals surface area contributed by atoms with Crippen molar-refractivity contribution in [3.63, 3.8) is 0 Å². The largest absolute Gasteiger partial charge is 0.493 e. The highest BCUT2D eigenvalue weighted by Gasteiger charge is 2.12. The van der Waals surface area contributed by atoms with Crippen LogP contribution in [0.4, 0.5) is 5.95 Å². The van der Waals surface area contributed by atoms with Crippen LogP contribution in [-0.2, 0) is 6.61 Å². The van der Waals surface area contributed by atoms with Gasteiger partial charge in [0.2, 0.25) is 5.95 Å². The smallest absolute Gasteiger partial charge is 0.305 e. The highest BCUT2D eigenvalue weighted by Crippen LogP contribution is 2.26. The molecule has 0 aliphatic heterocycles. The van der Waals surface area contributed by atoms with Crippen LogP contribution in [0.2, 0.25) is 0 Å². The number of hydrazine groups is 1. The van der Waals surface area contributed by atoms with E-state index in [1.54, 1.807) is 31.4 Å². The number of hydrogen-bond acceptors (Lipinski definition) is 7. The van der Waals surface area contributed by atoms with Gasteiger partial charge in [-0.25, -0.2) is 9.97 Å². The second-order valence-electron chi connectivity index (χ2n) is 5.76. The molecule has 0 atom stereocenters. The molecule has 1 amide bonds. The van der Waals surface area contributed by atoms with Gasteiger partial charge in [0.05, 0.1) is 7.11 Å². The lowest BCUT2D eigenvalue weighted by atomic mass is 10.3. The normalized spacial score (nSPS) is 10.3. The number of rotatable bonds is 7. The predicted molar refractivity (Wildman–Crippen MR) is 98.6 cm³/mol. The molecule has 0 saturated heterocycles. The fourth-order valence-corrected chi connectivity index (χ4v) is 2.42. The van der Waals surface area contributed by atoms with Crippen molar-refractivity contribution in [3.8, 4) is 11.5 Å². The van der Waals surface area contributed by atoms with Crippen molar-refractivity contribution in [2.24, 2.45) is 0 Å². The number of nitrogens with zero attached hydrogens (tertiary/aromatic N) is 2. The van der Waals surface area contributed by atoms with Crippen LogP contribution >= 0.6 is 0 Å². The second-order valence-corrected chi connectivity index (χ2v) is 5.76. The summed E-state index contributed by atoms with van der Waals surface area (Å²) >= 11 is 0. The topological polar surface area (TPSA) is 98.5 Å². The molecule has 2 N–H and O–H groups in total. The third-order valence-electron chi connectivity index (χ3n) is 3.59. The number of furan rings is 1. The van der Waals surface area contributed by atoms with Crippen molar-refractivity contribution in [1.82, 2.24) is 15.4 Å². The van der Waals surface area contributed by atoms with Gasteiger partial charge in [-0.05, 0) is 44.2 Å². The summed E-state index contributed by atoms with van der Waals surface area (Å²) in [6.07, 6.45) is 0. The van der Waals surface area contributed by atoms with Gasteiger partial charge >= 0.3 is 5.91 Å². The number of para-hydroxylation sites is 2. The summed E-state index contributed by atoms with van der Waals surface area (Å²) in [4.78, 5) is 20.6. The van der Waals surface area contributed by atoms with Crippen LogP contribution in [0.5, 0.6) is 11.5 Å². The molecule has 1 aromatic carbocycles. The zero-order valence-electron chi connectivity index (χ0n) is 15.3. The molecule has 2 aromatic heterocycles. The monoisotopic (exact) mass is 368 g/mol. The first-order valence-corrected chi connectivity index (χ1v) is 8.28. The molecule has 8 nitrogen and oxygen atoms in total. The molecule has 0 saturated carbocycles. The number of methoxy groups -OCH3 is 1. The first-order valence-electron chi connectivity index (χ1n) is 8.28. The van der Waals surface area contributed by atoms with Crippen LogP contribution in [0, 0.1) is 13.8 Å². The van der Waals surface area contributed by atoms with E-state index < -0.39 is 5.91 Å². The average molecular weight is 368 g/mol. The fourth-order valence-electron chi connectivity index (χ4n) is 2.42. The van der Waals surface area contributed by atoms with Crippen LogP contribution in [0.1, 0.15) is 27.7 Å². The number of anilines is 1. The van der Waals surface area contributed by atoms with Crippen molar-refractivity contribution < 1.29 is 18.7 Å². The molecule has 3 rings (SSSR count). The molecule has 0 spiro atoms. The van der Waals surface area contributed by atoms with Crippen molar-refractivity contribution >= 4 is 11.9 Å². The maximum absolute atomic E-state index is 12.2. The second kappa shape index (κ2) is 8.22. The van der Waals surface area contributed by atoms with E-state index in [2.05, 4.69) is 20.8 Å². The molecular weight excluding hydrogens is 348 g/mol. The number of aryl methyl sites for hydroxylation is 2. The maximum atomic E-state index is 12.2. The highest BCUT2D eigenvalue weighted by atomic mass is 16.5. The number of nitrogens with one attached hydrogen (secondary N) is 2. The van der Waals surface area contributed by atoms with Gasteiger partial charge in [-0.3, -0.25) is 15.6 Å². The van der Waals surface area contributed by atoms with Crippen LogP contribution in [-0.4, -0.2) is 23.0 Å². The number of amides is 1. The molecular formula is C19H20N4O4. The molecule has 0 radical (unpaired) electrons. The lowest BCUT2D eigenvalue weighted by molar-refractivity contribution is 0.0930. The first kappa shape index (κ1) is 18.2. The number of benzene rings is 1. The molecule has 0 bridgehead atoms. The molecule has 0 aliphatic rings. The van der Waals surface area contributed by atoms with Crippen LogP contribution in [0.25, 0.3) is 0 Å². The van der Waals surface area contributed by atoms with E-state index in [1.807, 2.05) is 32.0 Å². The minimum absolute atomic E-state index is 0.144. The molecule has 0 aliphatic carbocycles. The van der Waals surface area contributed by atoms with Gasteiger partial charge in [0.25, 0.3) is 0 Å². The number of carbonyl (C=O) groups excluding carboxylic acids is 1. The molecule has 0 fully saturated rings. The summed E-state index contributed by atoms with van der Waals surface area (Å²) in [5.74, 6) is 1.74. The van der Waals surface area contributed by atoms with Gasteiger partial charge in [0.1, 0.15) is 12.4 Å². The molecule has 8 heteroatoms. The van der Waals surface area contributed by atoms with E-state index in [9.17, 15) is 4.79 Å². The van der Waals surface area contributed by atoms with E-state index in [0.29, 0.717) is 23.2 Å². The average Bonchev–Trinajstić information content (AvgIpc) is 3.13. The third kappa shape index (κ3) is 4.75. The van der Waals surface area contributed by atoms with E-state index in [-0.39, 0.29) is 12.4 Å². The van der Waals surface area contributed by atoms with Crippen LogP contribution in [0.3, 0.4) is 0 Å². The standard InChI is InChI=1S/C19H20N4O4/c1-12-10-13(2)21-19(20-12)23-22-18(24)17-9-8-14(27-17)11-26-16-7-5-4-6-15(16)25-3/h4-10H,11H2,1-3H3,(H,22,24)(H,20,21,23). The molecule has 2 heterocycles. The Morgan fingerprint density at radius 3 is 2.48 bits per heavy atom. The number of ether oxygens (including phenoxy) is 2. The Kier molecular flexibility index (Phi) is 5.55. The van der Waals surface area contributed by atoms with E-state index >= 15 is 0 Å². The summed E-state index contributed by atoms with van der Waals surface area (Å²) in [6, 6.07) is 12.4. The Morgan fingerprint density at radius 1 is 1.07 bits per heavy atom. The van der Waals surface area contributed by atoms with Crippen LogP contribution < -0.4 is 20.3 Å². The zero-order valence-corrected chi connectivity index (χ0v) is 15.3. The minimum atomic E-state index is -0.443. The molecule has 0 unspecified atom stereocenters. The predicted octanol–water partition coefficient (Wildman–Crippen LogP) is 3.03. The lowest BCUT2D eigenvalue weighted by Gasteiger charge is -2.09. The number of aromatic nitrogens is 2. The molecule has 27 heavy (non-hydrogen) atoms. The highest BCUT2D eigenvalue weighted by molar-refractivity contribution is 5.92. The Morgan fingerprint density at radius 2 is 1.78 bits per heavy atom. The van der Waals surface area contributed by atoms with Gasteiger partial charge in [-0.2, -0.15) is 0 Å². The van der Waals surface area contributed by atoms with Crippen molar-refractivity contribution in [1.29, 1.82) is 0 Å². The third-order valence-corrected chi connectivity index (χ3v) is 3.59. The van der Waals surface area contributed by atoms with Crippen molar-refractivity contribution in [2.75, 3.05) is 12.5 Å².